The smallest absolute Gasteiger partial charge is 0.0658 e. The fourth-order valence-corrected chi connectivity index (χ4v) is 5.38. The zero-order valence-corrected chi connectivity index (χ0v) is 26.5. The highest BCUT2D eigenvalue weighted by molar-refractivity contribution is 7.97. The summed E-state index contributed by atoms with van der Waals surface area (Å²) in [7, 11) is 0. The predicted octanol–water partition coefficient (Wildman–Crippen LogP) is 8.33. The summed E-state index contributed by atoms with van der Waals surface area (Å²) < 4.78 is 0. The Morgan fingerprint density at radius 3 is 1.47 bits per heavy atom. The van der Waals surface area contributed by atoms with E-state index in [9.17, 15) is 0 Å². The molecule has 0 aromatic carbocycles. The van der Waals surface area contributed by atoms with Gasteiger partial charge in [-0.2, -0.15) is 15.9 Å². The van der Waals surface area contributed by atoms with Crippen LogP contribution in [0.25, 0.3) is 46.4 Å². The number of nitrogens with zero attached hydrogens (tertiary/aromatic N) is 2. The minimum atomic E-state index is 0.939. The van der Waals surface area contributed by atoms with Gasteiger partial charge in [-0.25, -0.2) is 15.4 Å². The summed E-state index contributed by atoms with van der Waals surface area (Å²) in [4.78, 5) is 19.1. The Morgan fingerprint density at radius 1 is 0.558 bits per heavy atom. The molecule has 0 unspecified atom stereocenters. The van der Waals surface area contributed by atoms with Crippen LogP contribution in [-0.2, 0) is 0 Å². The third-order valence-corrected chi connectivity index (χ3v) is 7.81. The first-order valence-corrected chi connectivity index (χ1v) is 16.8. The van der Waals surface area contributed by atoms with Crippen LogP contribution in [0.3, 0.4) is 0 Å². The molecule has 2 aliphatic rings. The number of hydrazine groups is 3. The molecule has 0 saturated carbocycles. The molecule has 230 valence electrons. The van der Waals surface area contributed by atoms with Gasteiger partial charge in [0, 0.05) is 34.4 Å². The molecule has 5 heterocycles. The van der Waals surface area contributed by atoms with Gasteiger partial charge in [-0.15, -0.1) is 0 Å². The molecule has 2 aliphatic heterocycles. The highest BCUT2D eigenvalue weighted by atomic mass is 32.2. The number of nitrogens with one attached hydrogen (secondary N) is 6. The lowest BCUT2D eigenvalue weighted by atomic mass is 10.1. The fourth-order valence-electron chi connectivity index (χ4n) is 4.73. The minimum absolute atomic E-state index is 0.939. The van der Waals surface area contributed by atoms with Gasteiger partial charge >= 0.3 is 0 Å². The average molecular weight is 601 g/mol. The van der Waals surface area contributed by atoms with Gasteiger partial charge in [0.05, 0.1) is 22.8 Å². The van der Waals surface area contributed by atoms with Crippen LogP contribution >= 0.6 is 11.9 Å². The maximum absolute atomic E-state index is 4.63. The Labute approximate surface area is 260 Å². The maximum Gasteiger partial charge on any atom is 0.0658 e. The quantitative estimate of drug-likeness (QED) is 0.0384. The van der Waals surface area contributed by atoms with Crippen molar-refractivity contribution in [2.45, 2.75) is 78.1 Å². The van der Waals surface area contributed by atoms with E-state index in [0.717, 1.165) is 57.1 Å². The Kier molecular flexibility index (Phi) is 14.6. The van der Waals surface area contributed by atoms with Crippen molar-refractivity contribution >= 4 is 58.3 Å². The Morgan fingerprint density at radius 2 is 1.00 bits per heavy atom. The number of aromatic amines is 2. The standard InChI is InChI=1S/C20H14N4.C14H34N4S/c1-2-14-10-16-5-6-18(23-16)12-20-8-7-19(24-20)11-17-4-3-15(22-17)9-13(1)21-14;1-3-5-7-8-9-10-11-12-13-15-16-17-18-19-14-6-4-2/h1-12,21,24H;15-18H,3-14H2,1-2H3. The summed E-state index contributed by atoms with van der Waals surface area (Å²) in [5.74, 6) is 1.14. The SMILES string of the molecule is C1=Cc2cc3ccc(cc4nc(cc5ccc(cc1n2)[nH]5)C=C4)[nH]3.CCCCCCCCCCNNNNSCCCC. The number of aromatic nitrogens is 4. The Hall–Kier alpha value is -3.21. The van der Waals surface area contributed by atoms with Crippen LogP contribution < -0.4 is 21.3 Å². The summed E-state index contributed by atoms with van der Waals surface area (Å²) in [6.07, 6.45) is 21.5. The highest BCUT2D eigenvalue weighted by Gasteiger charge is 2.01. The van der Waals surface area contributed by atoms with Crippen LogP contribution in [0.15, 0.2) is 48.5 Å². The first-order chi connectivity index (χ1) is 21.2. The lowest BCUT2D eigenvalue weighted by Crippen LogP contribution is -2.48. The molecule has 6 N–H and O–H groups in total. The topological polar surface area (TPSA) is 105 Å². The molecule has 0 radical (unpaired) electrons. The highest BCUT2D eigenvalue weighted by Crippen LogP contribution is 2.17. The van der Waals surface area contributed by atoms with Crippen LogP contribution in [-0.4, -0.2) is 32.2 Å². The fraction of sp³-hybridized carbons (Fsp3) is 0.412. The van der Waals surface area contributed by atoms with E-state index in [1.165, 1.54) is 64.2 Å². The predicted molar refractivity (Wildman–Crippen MR) is 186 cm³/mol. The molecule has 3 aromatic rings. The normalized spacial score (nSPS) is 12.0. The van der Waals surface area contributed by atoms with Crippen LogP contribution in [0.4, 0.5) is 0 Å². The number of unbranched alkanes of at least 4 members (excludes halogenated alkanes) is 8. The van der Waals surface area contributed by atoms with E-state index in [1.54, 1.807) is 11.9 Å². The van der Waals surface area contributed by atoms with Gasteiger partial charge in [-0.05, 0) is 85.7 Å². The summed E-state index contributed by atoms with van der Waals surface area (Å²) >= 11 is 1.70. The van der Waals surface area contributed by atoms with E-state index in [4.69, 9.17) is 0 Å². The van der Waals surface area contributed by atoms with Crippen LogP contribution in [0, 0.1) is 0 Å². The Balaban J connectivity index is 0.000000205. The number of H-pyrrole nitrogens is 2. The molecule has 8 nitrogen and oxygen atoms in total. The molecule has 0 aliphatic carbocycles. The summed E-state index contributed by atoms with van der Waals surface area (Å²) in [5.41, 5.74) is 16.9. The van der Waals surface area contributed by atoms with Crippen molar-refractivity contribution in [3.8, 4) is 0 Å². The van der Waals surface area contributed by atoms with E-state index in [2.05, 4.69) is 79.4 Å². The van der Waals surface area contributed by atoms with Gasteiger partial charge in [0.2, 0.25) is 0 Å². The zero-order chi connectivity index (χ0) is 30.0. The van der Waals surface area contributed by atoms with Crippen LogP contribution in [0.5, 0.6) is 0 Å². The third kappa shape index (κ3) is 12.5. The number of fused-ring (bicyclic) bond motifs is 8. The molecule has 9 heteroatoms. The Bertz CT molecular complexity index is 1260. The molecule has 0 fully saturated rings. The molecule has 0 spiro atoms. The van der Waals surface area contributed by atoms with Gasteiger partial charge in [0.15, 0.2) is 0 Å². The lowest BCUT2D eigenvalue weighted by Gasteiger charge is -2.09. The van der Waals surface area contributed by atoms with Crippen molar-refractivity contribution < 1.29 is 0 Å². The van der Waals surface area contributed by atoms with E-state index in [-0.39, 0.29) is 0 Å². The number of hydrogen-bond acceptors (Lipinski definition) is 7. The maximum atomic E-state index is 4.63. The van der Waals surface area contributed by atoms with E-state index in [1.807, 2.05) is 48.6 Å². The van der Waals surface area contributed by atoms with Crippen LogP contribution in [0.1, 0.15) is 101 Å². The molecule has 8 bridgehead atoms. The van der Waals surface area contributed by atoms with E-state index in [0.29, 0.717) is 0 Å². The third-order valence-electron chi connectivity index (χ3n) is 7.07. The zero-order valence-electron chi connectivity index (χ0n) is 25.7. The number of hydrogen-bond donors (Lipinski definition) is 6. The van der Waals surface area contributed by atoms with Crippen molar-refractivity contribution in [3.63, 3.8) is 0 Å². The first-order valence-electron chi connectivity index (χ1n) is 15.9. The summed E-state index contributed by atoms with van der Waals surface area (Å²) in [6.45, 7) is 5.49. The second-order valence-electron chi connectivity index (χ2n) is 10.9. The molecule has 3 aromatic heterocycles. The molecule has 0 atom stereocenters. The second kappa shape index (κ2) is 19.1. The van der Waals surface area contributed by atoms with E-state index < -0.39 is 0 Å². The van der Waals surface area contributed by atoms with Gasteiger partial charge in [0.1, 0.15) is 0 Å². The van der Waals surface area contributed by atoms with Crippen molar-refractivity contribution in [2.24, 2.45) is 0 Å². The van der Waals surface area contributed by atoms with Crippen molar-refractivity contribution in [1.82, 2.24) is 41.3 Å². The van der Waals surface area contributed by atoms with Gasteiger partial charge in [-0.1, -0.05) is 77.2 Å². The van der Waals surface area contributed by atoms with Crippen molar-refractivity contribution in [2.75, 3.05) is 12.3 Å². The molecular formula is C34H48N8S. The molecule has 43 heavy (non-hydrogen) atoms. The number of rotatable bonds is 16. The van der Waals surface area contributed by atoms with Crippen molar-refractivity contribution in [1.29, 1.82) is 0 Å². The molecular weight excluding hydrogens is 552 g/mol. The summed E-state index contributed by atoms with van der Waals surface area (Å²) in [6, 6.07) is 16.4. The largest absolute Gasteiger partial charge is 0.355 e. The molecule has 0 saturated heterocycles. The molecule has 5 rings (SSSR count). The van der Waals surface area contributed by atoms with Gasteiger partial charge in [0.25, 0.3) is 0 Å². The van der Waals surface area contributed by atoms with E-state index >= 15 is 0 Å². The monoisotopic (exact) mass is 600 g/mol. The van der Waals surface area contributed by atoms with Crippen LogP contribution in [0.2, 0.25) is 0 Å². The lowest BCUT2D eigenvalue weighted by molar-refractivity contribution is 0.414. The second-order valence-corrected chi connectivity index (χ2v) is 11.8. The molecule has 0 amide bonds. The minimum Gasteiger partial charge on any atom is -0.355 e. The van der Waals surface area contributed by atoms with Crippen molar-refractivity contribution in [3.05, 3.63) is 71.3 Å². The average Bonchev–Trinajstić information content (AvgIpc) is 3.82. The van der Waals surface area contributed by atoms with Gasteiger partial charge < -0.3 is 9.97 Å². The summed E-state index contributed by atoms with van der Waals surface area (Å²) in [5, 5.41) is 0. The van der Waals surface area contributed by atoms with Gasteiger partial charge in [-0.3, -0.25) is 0 Å². The first kappa shape index (κ1) is 32.7.